The molecule has 20 heavy (non-hydrogen) atoms. The SMILES string of the molecule is O=P(O)(O)CN(CCO)CCN(CCO)CP(=O)(O)O. The number of hydrogen-bond donors (Lipinski definition) is 6. The lowest BCUT2D eigenvalue weighted by atomic mass is 10.4. The second-order valence-electron chi connectivity index (χ2n) is 4.30. The lowest BCUT2D eigenvalue weighted by Gasteiger charge is -2.27. The normalized spacial score (nSPS) is 13.4. The molecular formula is C8H22N2O8P2. The van der Waals surface area contributed by atoms with Crippen molar-refractivity contribution in [2.24, 2.45) is 0 Å². The van der Waals surface area contributed by atoms with Gasteiger partial charge in [-0.05, 0) is 0 Å². The van der Waals surface area contributed by atoms with Crippen LogP contribution in [-0.4, -0.2) is 91.6 Å². The molecular weight excluding hydrogens is 314 g/mol. The monoisotopic (exact) mass is 336 g/mol. The first-order valence-corrected chi connectivity index (χ1v) is 9.42. The van der Waals surface area contributed by atoms with E-state index in [1.165, 1.54) is 9.80 Å². The Morgan fingerprint density at radius 2 is 0.950 bits per heavy atom. The summed E-state index contributed by atoms with van der Waals surface area (Å²) in [7, 11) is -8.55. The van der Waals surface area contributed by atoms with Crippen LogP contribution in [0.4, 0.5) is 0 Å². The highest BCUT2D eigenvalue weighted by Crippen LogP contribution is 2.36. The summed E-state index contributed by atoms with van der Waals surface area (Å²) >= 11 is 0. The molecule has 0 aromatic carbocycles. The molecule has 0 radical (unpaired) electrons. The number of aliphatic hydroxyl groups excluding tert-OH is 2. The molecule has 12 heteroatoms. The molecule has 0 aliphatic heterocycles. The van der Waals surface area contributed by atoms with Gasteiger partial charge in [-0.15, -0.1) is 0 Å². The molecule has 0 saturated heterocycles. The fraction of sp³-hybridized carbons (Fsp3) is 1.00. The minimum absolute atomic E-state index is 0.0357. The lowest BCUT2D eigenvalue weighted by molar-refractivity contribution is 0.163. The van der Waals surface area contributed by atoms with E-state index < -0.39 is 27.8 Å². The molecule has 122 valence electrons. The molecule has 0 spiro atoms. The van der Waals surface area contributed by atoms with Gasteiger partial charge in [0, 0.05) is 26.2 Å². The third kappa shape index (κ3) is 11.9. The topological polar surface area (TPSA) is 162 Å². The summed E-state index contributed by atoms with van der Waals surface area (Å²) in [5, 5.41) is 17.6. The standard InChI is InChI=1S/C8H22N2O8P2/c11-5-3-9(7-19(13,14)15)1-2-10(4-6-12)8-20(16,17)18/h11-12H,1-8H2,(H2,13,14,15)(H2,16,17,18). The molecule has 0 rings (SSSR count). The van der Waals surface area contributed by atoms with Crippen LogP contribution in [0.15, 0.2) is 0 Å². The van der Waals surface area contributed by atoms with Crippen LogP contribution in [-0.2, 0) is 9.13 Å². The zero-order valence-corrected chi connectivity index (χ0v) is 12.7. The summed E-state index contributed by atoms with van der Waals surface area (Å²) in [5.74, 6) is 0. The van der Waals surface area contributed by atoms with Gasteiger partial charge in [0.1, 0.15) is 12.6 Å². The Labute approximate surface area is 117 Å². The molecule has 0 aliphatic rings. The van der Waals surface area contributed by atoms with Crippen LogP contribution in [0, 0.1) is 0 Å². The van der Waals surface area contributed by atoms with Gasteiger partial charge >= 0.3 is 15.2 Å². The second-order valence-corrected chi connectivity index (χ2v) is 7.52. The average molecular weight is 336 g/mol. The van der Waals surface area contributed by atoms with Gasteiger partial charge in [-0.1, -0.05) is 0 Å². The third-order valence-corrected chi connectivity index (χ3v) is 3.87. The van der Waals surface area contributed by atoms with Crippen molar-refractivity contribution in [2.45, 2.75) is 0 Å². The Morgan fingerprint density at radius 3 is 1.15 bits per heavy atom. The van der Waals surface area contributed by atoms with E-state index in [0.717, 1.165) is 0 Å². The van der Waals surface area contributed by atoms with Gasteiger partial charge in [0.05, 0.1) is 13.2 Å². The van der Waals surface area contributed by atoms with Gasteiger partial charge in [0.15, 0.2) is 0 Å². The van der Waals surface area contributed by atoms with Crippen molar-refractivity contribution in [3.8, 4) is 0 Å². The number of nitrogens with zero attached hydrogens (tertiary/aromatic N) is 2. The lowest BCUT2D eigenvalue weighted by Crippen LogP contribution is -2.38. The van der Waals surface area contributed by atoms with Crippen molar-refractivity contribution >= 4 is 15.2 Å². The molecule has 0 atom stereocenters. The molecule has 0 aliphatic carbocycles. The average Bonchev–Trinajstić information content (AvgIpc) is 2.22. The molecule has 0 heterocycles. The minimum atomic E-state index is -4.27. The van der Waals surface area contributed by atoms with Crippen molar-refractivity contribution in [1.82, 2.24) is 9.80 Å². The quantitative estimate of drug-likeness (QED) is 0.229. The number of rotatable bonds is 11. The van der Waals surface area contributed by atoms with Crippen LogP contribution in [0.25, 0.3) is 0 Å². The Hall–Kier alpha value is 0.140. The van der Waals surface area contributed by atoms with Gasteiger partial charge in [-0.25, -0.2) is 0 Å². The molecule has 0 aromatic heterocycles. The summed E-state index contributed by atoms with van der Waals surface area (Å²) in [6.07, 6.45) is -1.09. The molecule has 0 amide bonds. The molecule has 0 unspecified atom stereocenters. The first-order valence-electron chi connectivity index (χ1n) is 5.83. The van der Waals surface area contributed by atoms with Crippen LogP contribution >= 0.6 is 15.2 Å². The van der Waals surface area contributed by atoms with E-state index in [1.54, 1.807) is 0 Å². The molecule has 0 fully saturated rings. The minimum Gasteiger partial charge on any atom is -0.395 e. The van der Waals surface area contributed by atoms with Crippen molar-refractivity contribution in [3.63, 3.8) is 0 Å². The Bertz CT molecular complexity index is 322. The summed E-state index contributed by atoms with van der Waals surface area (Å²) in [4.78, 5) is 38.1. The molecule has 10 nitrogen and oxygen atoms in total. The van der Waals surface area contributed by atoms with Crippen molar-refractivity contribution in [2.75, 3.05) is 52.0 Å². The van der Waals surface area contributed by atoms with E-state index in [4.69, 9.17) is 29.8 Å². The Balaban J connectivity index is 4.46. The Morgan fingerprint density at radius 1 is 0.650 bits per heavy atom. The molecule has 0 aromatic rings. The van der Waals surface area contributed by atoms with Crippen molar-refractivity contribution in [3.05, 3.63) is 0 Å². The van der Waals surface area contributed by atoms with Crippen LogP contribution < -0.4 is 0 Å². The summed E-state index contributed by atoms with van der Waals surface area (Å²) in [6.45, 7) is -0.309. The van der Waals surface area contributed by atoms with Gasteiger partial charge < -0.3 is 29.8 Å². The number of hydrogen-bond acceptors (Lipinski definition) is 6. The summed E-state index contributed by atoms with van der Waals surface area (Å²) in [6, 6.07) is 0. The van der Waals surface area contributed by atoms with E-state index in [2.05, 4.69) is 0 Å². The van der Waals surface area contributed by atoms with Crippen LogP contribution in [0.3, 0.4) is 0 Å². The summed E-state index contributed by atoms with van der Waals surface area (Å²) < 4.78 is 21.8. The smallest absolute Gasteiger partial charge is 0.339 e. The highest BCUT2D eigenvalue weighted by Gasteiger charge is 2.22. The highest BCUT2D eigenvalue weighted by atomic mass is 31.2. The molecule has 0 bridgehead atoms. The van der Waals surface area contributed by atoms with Crippen molar-refractivity contribution < 1.29 is 38.9 Å². The maximum absolute atomic E-state index is 10.9. The zero-order chi connectivity index (χ0) is 15.8. The van der Waals surface area contributed by atoms with E-state index in [1.807, 2.05) is 0 Å². The van der Waals surface area contributed by atoms with E-state index in [9.17, 15) is 9.13 Å². The predicted octanol–water partition coefficient (Wildman–Crippen LogP) is -2.15. The van der Waals surface area contributed by atoms with Crippen LogP contribution in [0.1, 0.15) is 0 Å². The fourth-order valence-electron chi connectivity index (χ4n) is 1.59. The first-order chi connectivity index (χ1) is 9.07. The van der Waals surface area contributed by atoms with E-state index in [0.29, 0.717) is 0 Å². The van der Waals surface area contributed by atoms with Crippen LogP contribution in [0.2, 0.25) is 0 Å². The van der Waals surface area contributed by atoms with Crippen LogP contribution in [0.5, 0.6) is 0 Å². The Kier molecular flexibility index (Phi) is 9.28. The first kappa shape index (κ1) is 20.1. The van der Waals surface area contributed by atoms with E-state index in [-0.39, 0.29) is 39.4 Å². The van der Waals surface area contributed by atoms with Gasteiger partial charge in [-0.2, -0.15) is 0 Å². The predicted molar refractivity (Wildman–Crippen MR) is 71.1 cm³/mol. The zero-order valence-electron chi connectivity index (χ0n) is 10.9. The maximum Gasteiger partial charge on any atom is 0.339 e. The second kappa shape index (κ2) is 9.22. The number of aliphatic hydroxyl groups is 2. The van der Waals surface area contributed by atoms with E-state index >= 15 is 0 Å². The van der Waals surface area contributed by atoms with Gasteiger partial charge in [-0.3, -0.25) is 18.9 Å². The van der Waals surface area contributed by atoms with Gasteiger partial charge in [0.2, 0.25) is 0 Å². The van der Waals surface area contributed by atoms with Gasteiger partial charge in [0.25, 0.3) is 0 Å². The third-order valence-electron chi connectivity index (χ3n) is 2.33. The van der Waals surface area contributed by atoms with Crippen molar-refractivity contribution in [1.29, 1.82) is 0 Å². The molecule has 6 N–H and O–H groups in total. The highest BCUT2D eigenvalue weighted by molar-refractivity contribution is 7.51. The fourth-order valence-corrected chi connectivity index (χ4v) is 3.20. The largest absolute Gasteiger partial charge is 0.395 e. The summed E-state index contributed by atoms with van der Waals surface area (Å²) in [5.41, 5.74) is 0. The maximum atomic E-state index is 10.9. The molecule has 0 saturated carbocycles.